The number of nitrogens with zero attached hydrogens (tertiary/aromatic N) is 1. The molecule has 1 aliphatic rings. The molecule has 3 nitrogen and oxygen atoms in total. The van der Waals surface area contributed by atoms with Crippen molar-refractivity contribution in [3.8, 4) is 0 Å². The molecular formula is C9H15NO2S. The summed E-state index contributed by atoms with van der Waals surface area (Å²) >= 11 is 1.96. The molecule has 0 aromatic heterocycles. The molecule has 1 atom stereocenters. The molecular weight excluding hydrogens is 186 g/mol. The molecule has 0 saturated carbocycles. The fourth-order valence-corrected chi connectivity index (χ4v) is 2.23. The average molecular weight is 201 g/mol. The van der Waals surface area contributed by atoms with Gasteiger partial charge in [0.1, 0.15) is 0 Å². The largest absolute Gasteiger partial charge is 0.466 e. The zero-order chi connectivity index (χ0) is 9.68. The van der Waals surface area contributed by atoms with E-state index in [1.807, 2.05) is 18.0 Å². The highest BCUT2D eigenvalue weighted by Gasteiger charge is 2.14. The molecule has 1 unspecified atom stereocenters. The molecule has 0 radical (unpaired) electrons. The predicted molar refractivity (Wildman–Crippen MR) is 54.6 cm³/mol. The molecule has 1 saturated heterocycles. The summed E-state index contributed by atoms with van der Waals surface area (Å²) in [5.74, 6) is 1.98. The van der Waals surface area contributed by atoms with Crippen LogP contribution in [0, 0.1) is 0 Å². The van der Waals surface area contributed by atoms with Crippen LogP contribution in [0.1, 0.15) is 6.92 Å². The Morgan fingerprint density at radius 2 is 2.46 bits per heavy atom. The van der Waals surface area contributed by atoms with E-state index in [1.165, 1.54) is 13.2 Å². The van der Waals surface area contributed by atoms with Gasteiger partial charge in [-0.15, -0.1) is 0 Å². The van der Waals surface area contributed by atoms with Crippen LogP contribution in [0.5, 0.6) is 0 Å². The maximum absolute atomic E-state index is 10.8. The van der Waals surface area contributed by atoms with E-state index in [1.54, 1.807) is 0 Å². The van der Waals surface area contributed by atoms with Crippen molar-refractivity contribution in [2.45, 2.75) is 13.0 Å². The highest BCUT2D eigenvalue weighted by molar-refractivity contribution is 7.99. The first-order valence-electron chi connectivity index (χ1n) is 4.33. The first-order valence-corrected chi connectivity index (χ1v) is 5.49. The van der Waals surface area contributed by atoms with Crippen LogP contribution in [0.15, 0.2) is 12.3 Å². The molecule has 0 spiro atoms. The Kier molecular flexibility index (Phi) is 4.15. The Hall–Kier alpha value is -0.640. The minimum absolute atomic E-state index is 0.287. The molecule has 1 rings (SSSR count). The third-order valence-corrected chi connectivity index (χ3v) is 3.21. The number of thioether (sulfide) groups is 1. The van der Waals surface area contributed by atoms with Crippen molar-refractivity contribution < 1.29 is 9.53 Å². The van der Waals surface area contributed by atoms with Crippen LogP contribution in [0.3, 0.4) is 0 Å². The number of methoxy groups -OCH3 is 1. The number of ether oxygens (including phenoxy) is 1. The maximum atomic E-state index is 10.8. The number of carbonyl (C=O) groups excluding carboxylic acids is 1. The monoisotopic (exact) mass is 201 g/mol. The zero-order valence-corrected chi connectivity index (χ0v) is 8.84. The van der Waals surface area contributed by atoms with Gasteiger partial charge in [-0.2, -0.15) is 11.8 Å². The molecule has 0 aromatic carbocycles. The third kappa shape index (κ3) is 3.30. The van der Waals surface area contributed by atoms with Crippen LogP contribution in [0.2, 0.25) is 0 Å². The van der Waals surface area contributed by atoms with Gasteiger partial charge in [-0.25, -0.2) is 4.79 Å². The number of hydrogen-bond donors (Lipinski definition) is 0. The molecule has 0 N–H and O–H groups in total. The third-order valence-electron chi connectivity index (χ3n) is 2.02. The SMILES string of the molecule is COC(=O)C=CN1CCSCC1C. The molecule has 1 fully saturated rings. The van der Waals surface area contributed by atoms with Crippen LogP contribution in [-0.4, -0.2) is 42.1 Å². The van der Waals surface area contributed by atoms with Gasteiger partial charge < -0.3 is 9.64 Å². The van der Waals surface area contributed by atoms with Gasteiger partial charge in [-0.1, -0.05) is 0 Å². The quantitative estimate of drug-likeness (QED) is 0.494. The van der Waals surface area contributed by atoms with E-state index >= 15 is 0 Å². The Balaban J connectivity index is 2.41. The van der Waals surface area contributed by atoms with E-state index < -0.39 is 0 Å². The lowest BCUT2D eigenvalue weighted by Gasteiger charge is -2.31. The summed E-state index contributed by atoms with van der Waals surface area (Å²) in [4.78, 5) is 13.0. The summed E-state index contributed by atoms with van der Waals surface area (Å²) in [6.07, 6.45) is 3.31. The van der Waals surface area contributed by atoms with Gasteiger partial charge in [-0.05, 0) is 6.92 Å². The van der Waals surface area contributed by atoms with Crippen molar-refractivity contribution in [1.29, 1.82) is 0 Å². The van der Waals surface area contributed by atoms with Gasteiger partial charge in [0.2, 0.25) is 0 Å². The Morgan fingerprint density at radius 3 is 3.08 bits per heavy atom. The molecule has 0 aromatic rings. The zero-order valence-electron chi connectivity index (χ0n) is 8.03. The van der Waals surface area contributed by atoms with E-state index in [2.05, 4.69) is 16.6 Å². The van der Waals surface area contributed by atoms with Crippen molar-refractivity contribution in [3.63, 3.8) is 0 Å². The number of hydrogen-bond acceptors (Lipinski definition) is 4. The van der Waals surface area contributed by atoms with E-state index in [0.717, 1.165) is 18.1 Å². The van der Waals surface area contributed by atoms with Crippen molar-refractivity contribution >= 4 is 17.7 Å². The van der Waals surface area contributed by atoms with Crippen molar-refractivity contribution in [1.82, 2.24) is 4.90 Å². The van der Waals surface area contributed by atoms with Gasteiger partial charge in [-0.3, -0.25) is 0 Å². The molecule has 4 heteroatoms. The maximum Gasteiger partial charge on any atom is 0.331 e. The van der Waals surface area contributed by atoms with E-state index in [0.29, 0.717) is 6.04 Å². The lowest BCUT2D eigenvalue weighted by molar-refractivity contribution is -0.134. The van der Waals surface area contributed by atoms with Crippen LogP contribution in [0.25, 0.3) is 0 Å². The van der Waals surface area contributed by atoms with E-state index in [-0.39, 0.29) is 5.97 Å². The summed E-state index contributed by atoms with van der Waals surface area (Å²) in [5, 5.41) is 0. The lowest BCUT2D eigenvalue weighted by Crippen LogP contribution is -2.36. The van der Waals surface area contributed by atoms with Crippen molar-refractivity contribution in [2.75, 3.05) is 25.2 Å². The second-order valence-electron chi connectivity index (χ2n) is 3.00. The fraction of sp³-hybridized carbons (Fsp3) is 0.667. The van der Waals surface area contributed by atoms with Gasteiger partial charge in [0, 0.05) is 36.4 Å². The molecule has 0 aliphatic carbocycles. The smallest absolute Gasteiger partial charge is 0.331 e. The molecule has 74 valence electrons. The predicted octanol–water partition coefficient (Wildman–Crippen LogP) is 1.11. The van der Waals surface area contributed by atoms with Gasteiger partial charge >= 0.3 is 5.97 Å². The summed E-state index contributed by atoms with van der Waals surface area (Å²) in [5.41, 5.74) is 0. The second kappa shape index (κ2) is 5.17. The summed E-state index contributed by atoms with van der Waals surface area (Å²) in [6, 6.07) is 0.514. The van der Waals surface area contributed by atoms with Crippen LogP contribution >= 0.6 is 11.8 Å². The minimum Gasteiger partial charge on any atom is -0.466 e. The summed E-state index contributed by atoms with van der Waals surface area (Å²) in [6.45, 7) is 3.17. The van der Waals surface area contributed by atoms with E-state index in [4.69, 9.17) is 0 Å². The van der Waals surface area contributed by atoms with Crippen molar-refractivity contribution in [3.05, 3.63) is 12.3 Å². The molecule has 0 bridgehead atoms. The normalized spacial score (nSPS) is 23.5. The van der Waals surface area contributed by atoms with Crippen LogP contribution in [0.4, 0.5) is 0 Å². The average Bonchev–Trinajstić information content (AvgIpc) is 2.16. The van der Waals surface area contributed by atoms with Crippen molar-refractivity contribution in [2.24, 2.45) is 0 Å². The Bertz CT molecular complexity index is 206. The topological polar surface area (TPSA) is 29.5 Å². The Labute approximate surface area is 83.1 Å². The highest BCUT2D eigenvalue weighted by Crippen LogP contribution is 2.15. The molecule has 13 heavy (non-hydrogen) atoms. The standard InChI is InChI=1S/C9H15NO2S/c1-8-7-13-6-5-10(8)4-3-9(11)12-2/h3-4,8H,5-7H2,1-2H3. The van der Waals surface area contributed by atoms with Gasteiger partial charge in [0.25, 0.3) is 0 Å². The van der Waals surface area contributed by atoms with Gasteiger partial charge in [0.05, 0.1) is 7.11 Å². The lowest BCUT2D eigenvalue weighted by atomic mass is 10.3. The van der Waals surface area contributed by atoms with Crippen LogP contribution < -0.4 is 0 Å². The number of rotatable bonds is 2. The summed E-state index contributed by atoms with van der Waals surface area (Å²) in [7, 11) is 1.39. The first-order chi connectivity index (χ1) is 6.24. The number of esters is 1. The van der Waals surface area contributed by atoms with Crippen LogP contribution in [-0.2, 0) is 9.53 Å². The molecule has 1 heterocycles. The molecule has 0 amide bonds. The van der Waals surface area contributed by atoms with E-state index in [9.17, 15) is 4.79 Å². The summed E-state index contributed by atoms with van der Waals surface area (Å²) < 4.78 is 4.52. The molecule has 1 aliphatic heterocycles. The fourth-order valence-electron chi connectivity index (χ4n) is 1.19. The highest BCUT2D eigenvalue weighted by atomic mass is 32.2. The first kappa shape index (κ1) is 10.4. The van der Waals surface area contributed by atoms with Gasteiger partial charge in [0.15, 0.2) is 0 Å². The minimum atomic E-state index is -0.287. The Morgan fingerprint density at radius 1 is 1.69 bits per heavy atom. The number of carbonyl (C=O) groups is 1. The second-order valence-corrected chi connectivity index (χ2v) is 4.15.